The molecule has 0 aromatic heterocycles. The molecule has 0 saturated carbocycles. The Labute approximate surface area is 187 Å². The van der Waals surface area contributed by atoms with E-state index in [2.05, 4.69) is 45.0 Å². The molecule has 4 heteroatoms. The molecule has 3 aromatic carbocycles. The van der Waals surface area contributed by atoms with E-state index in [4.69, 9.17) is 4.18 Å². The Morgan fingerprint density at radius 3 is 1.74 bits per heavy atom. The third kappa shape index (κ3) is 6.28. The van der Waals surface area contributed by atoms with E-state index in [1.54, 1.807) is 12.1 Å². The van der Waals surface area contributed by atoms with Gasteiger partial charge >= 0.3 is 0 Å². The molecule has 0 heterocycles. The van der Waals surface area contributed by atoms with Crippen LogP contribution in [0.5, 0.6) is 0 Å². The van der Waals surface area contributed by atoms with Crippen molar-refractivity contribution in [3.63, 3.8) is 0 Å². The Balaban J connectivity index is 1.68. The van der Waals surface area contributed by atoms with Crippen LogP contribution in [0.1, 0.15) is 45.7 Å². The zero-order valence-corrected chi connectivity index (χ0v) is 19.9. The van der Waals surface area contributed by atoms with E-state index < -0.39 is 10.1 Å². The van der Waals surface area contributed by atoms with E-state index >= 15 is 0 Å². The predicted octanol–water partition coefficient (Wildman–Crippen LogP) is 6.63. The van der Waals surface area contributed by atoms with Crippen LogP contribution in [0, 0.1) is 5.41 Å². The molecule has 3 aromatic rings. The van der Waals surface area contributed by atoms with E-state index in [0.29, 0.717) is 0 Å². The third-order valence-corrected chi connectivity index (χ3v) is 6.64. The molecule has 0 N–H and O–H groups in total. The first-order valence-corrected chi connectivity index (χ1v) is 12.0. The molecule has 0 unspecified atom stereocenters. The first kappa shape index (κ1) is 23.2. The molecule has 3 nitrogen and oxygen atoms in total. The maximum Gasteiger partial charge on any atom is 0.296 e. The molecule has 31 heavy (non-hydrogen) atoms. The topological polar surface area (TPSA) is 43.4 Å². The minimum Gasteiger partial charge on any atom is -0.266 e. The lowest BCUT2D eigenvalue weighted by Crippen LogP contribution is -2.24. The van der Waals surface area contributed by atoms with E-state index in [1.165, 1.54) is 5.56 Å². The van der Waals surface area contributed by atoms with Crippen LogP contribution in [-0.4, -0.2) is 15.0 Å². The molecule has 0 radical (unpaired) electrons. The van der Waals surface area contributed by atoms with Gasteiger partial charge < -0.3 is 0 Å². The van der Waals surface area contributed by atoms with Crippen molar-refractivity contribution < 1.29 is 12.6 Å². The minimum absolute atomic E-state index is 0.0993. The quantitative estimate of drug-likeness (QED) is 0.391. The molecule has 0 fully saturated rings. The Hall–Kier alpha value is -2.43. The van der Waals surface area contributed by atoms with Gasteiger partial charge in [-0.05, 0) is 51.6 Å². The van der Waals surface area contributed by atoms with Crippen molar-refractivity contribution >= 4 is 10.1 Å². The van der Waals surface area contributed by atoms with Gasteiger partial charge in [0.15, 0.2) is 0 Å². The van der Waals surface area contributed by atoms with Gasteiger partial charge in [-0.3, -0.25) is 4.18 Å². The SMILES string of the molecule is CC(C)(COS(=O)(=O)c1ccc(-c2ccc(C(C)(C)C)cc2)cc1)Cc1ccccc1. The van der Waals surface area contributed by atoms with Crippen molar-refractivity contribution in [2.45, 2.75) is 51.3 Å². The summed E-state index contributed by atoms with van der Waals surface area (Å²) in [4.78, 5) is 0.179. The molecule has 0 saturated heterocycles. The number of hydrogen-bond donors (Lipinski definition) is 0. The summed E-state index contributed by atoms with van der Waals surface area (Å²) in [5, 5.41) is 0. The van der Waals surface area contributed by atoms with Gasteiger partial charge in [0.1, 0.15) is 0 Å². The molecular formula is C27H32O3S. The molecule has 0 aliphatic rings. The Morgan fingerprint density at radius 2 is 1.23 bits per heavy atom. The zero-order valence-electron chi connectivity index (χ0n) is 19.1. The standard InChI is InChI=1S/C27H32O3S/c1-26(2,3)24-15-11-22(12-16-24)23-13-17-25(18-14-23)31(28,29)30-20-27(4,5)19-21-9-7-6-8-10-21/h6-18H,19-20H2,1-5H3. The second-order valence-electron chi connectivity index (χ2n) is 9.89. The van der Waals surface area contributed by atoms with Crippen LogP contribution in [0.2, 0.25) is 0 Å². The van der Waals surface area contributed by atoms with Crippen LogP contribution in [0.25, 0.3) is 11.1 Å². The lowest BCUT2D eigenvalue weighted by molar-refractivity contribution is 0.185. The lowest BCUT2D eigenvalue weighted by atomic mass is 9.86. The summed E-state index contributed by atoms with van der Waals surface area (Å²) in [6, 6.07) is 25.3. The van der Waals surface area contributed by atoms with Crippen molar-refractivity contribution in [3.8, 4) is 11.1 Å². The van der Waals surface area contributed by atoms with Gasteiger partial charge in [0.05, 0.1) is 11.5 Å². The fourth-order valence-corrected chi connectivity index (χ4v) is 4.56. The van der Waals surface area contributed by atoms with Crippen molar-refractivity contribution in [1.29, 1.82) is 0 Å². The predicted molar refractivity (Wildman–Crippen MR) is 128 cm³/mol. The van der Waals surface area contributed by atoms with E-state index in [0.717, 1.165) is 23.1 Å². The fourth-order valence-electron chi connectivity index (χ4n) is 3.48. The van der Waals surface area contributed by atoms with Crippen LogP contribution in [0.15, 0.2) is 83.8 Å². The maximum atomic E-state index is 12.7. The van der Waals surface area contributed by atoms with E-state index in [-0.39, 0.29) is 22.3 Å². The highest BCUT2D eigenvalue weighted by atomic mass is 32.2. The van der Waals surface area contributed by atoms with Gasteiger partial charge in [0.25, 0.3) is 10.1 Å². The number of hydrogen-bond acceptors (Lipinski definition) is 3. The molecule has 0 amide bonds. The van der Waals surface area contributed by atoms with Gasteiger partial charge in [-0.2, -0.15) is 8.42 Å². The van der Waals surface area contributed by atoms with Gasteiger partial charge in [0.2, 0.25) is 0 Å². The molecule has 0 spiro atoms. The maximum absolute atomic E-state index is 12.7. The van der Waals surface area contributed by atoms with E-state index in [1.807, 2.05) is 56.3 Å². The summed E-state index contributed by atoms with van der Waals surface area (Å²) >= 11 is 0. The van der Waals surface area contributed by atoms with Gasteiger partial charge in [-0.25, -0.2) is 0 Å². The van der Waals surface area contributed by atoms with Crippen LogP contribution < -0.4 is 0 Å². The lowest BCUT2D eigenvalue weighted by Gasteiger charge is -2.24. The highest BCUT2D eigenvalue weighted by molar-refractivity contribution is 7.86. The van der Waals surface area contributed by atoms with Crippen LogP contribution in [-0.2, 0) is 26.1 Å². The first-order chi connectivity index (χ1) is 14.5. The average molecular weight is 437 g/mol. The van der Waals surface area contributed by atoms with Gasteiger partial charge in [0, 0.05) is 0 Å². The van der Waals surface area contributed by atoms with Crippen molar-refractivity contribution in [3.05, 3.63) is 90.0 Å². The fraction of sp³-hybridized carbons (Fsp3) is 0.333. The Kier molecular flexibility index (Phi) is 6.73. The Bertz CT molecular complexity index is 1090. The van der Waals surface area contributed by atoms with E-state index in [9.17, 15) is 8.42 Å². The summed E-state index contributed by atoms with van der Waals surface area (Å²) < 4.78 is 30.8. The average Bonchev–Trinajstić information content (AvgIpc) is 2.73. The molecule has 164 valence electrons. The number of benzene rings is 3. The number of rotatable bonds is 7. The molecule has 0 aliphatic carbocycles. The third-order valence-electron chi connectivity index (χ3n) is 5.36. The summed E-state index contributed by atoms with van der Waals surface area (Å²) in [6.07, 6.45) is 0.743. The zero-order chi connectivity index (χ0) is 22.7. The second-order valence-corrected chi connectivity index (χ2v) is 11.5. The summed E-state index contributed by atoms with van der Waals surface area (Å²) in [7, 11) is -3.81. The van der Waals surface area contributed by atoms with Crippen LogP contribution in [0.3, 0.4) is 0 Å². The minimum atomic E-state index is -3.81. The molecule has 0 aliphatic heterocycles. The highest BCUT2D eigenvalue weighted by Crippen LogP contribution is 2.28. The first-order valence-electron chi connectivity index (χ1n) is 10.6. The Morgan fingerprint density at radius 1 is 0.710 bits per heavy atom. The van der Waals surface area contributed by atoms with Crippen LogP contribution in [0.4, 0.5) is 0 Å². The molecular weight excluding hydrogens is 404 g/mol. The highest BCUT2D eigenvalue weighted by Gasteiger charge is 2.24. The normalized spacial score (nSPS) is 12.7. The van der Waals surface area contributed by atoms with Gasteiger partial charge in [-0.15, -0.1) is 0 Å². The summed E-state index contributed by atoms with van der Waals surface area (Å²) in [6.45, 7) is 10.7. The molecule has 0 bridgehead atoms. The van der Waals surface area contributed by atoms with Crippen molar-refractivity contribution in [1.82, 2.24) is 0 Å². The largest absolute Gasteiger partial charge is 0.296 e. The summed E-state index contributed by atoms with van der Waals surface area (Å²) in [5.41, 5.74) is 4.26. The summed E-state index contributed by atoms with van der Waals surface area (Å²) in [5.74, 6) is 0. The van der Waals surface area contributed by atoms with Crippen LogP contribution >= 0.6 is 0 Å². The van der Waals surface area contributed by atoms with Gasteiger partial charge in [-0.1, -0.05) is 101 Å². The van der Waals surface area contributed by atoms with Crippen molar-refractivity contribution in [2.75, 3.05) is 6.61 Å². The second kappa shape index (κ2) is 8.97. The van der Waals surface area contributed by atoms with Crippen molar-refractivity contribution in [2.24, 2.45) is 5.41 Å². The molecule has 0 atom stereocenters. The smallest absolute Gasteiger partial charge is 0.266 e. The monoisotopic (exact) mass is 436 g/mol. The molecule has 3 rings (SSSR count).